The lowest BCUT2D eigenvalue weighted by Gasteiger charge is -2.15. The van der Waals surface area contributed by atoms with E-state index in [1.807, 2.05) is 0 Å². The first-order valence-electron chi connectivity index (χ1n) is 5.91. The van der Waals surface area contributed by atoms with Gasteiger partial charge in [-0.2, -0.15) is 4.31 Å². The minimum atomic E-state index is -3.86. The summed E-state index contributed by atoms with van der Waals surface area (Å²) in [7, 11) is -2.66. The maximum atomic E-state index is 12.3. The highest BCUT2D eigenvalue weighted by molar-refractivity contribution is 7.89. The Morgan fingerprint density at radius 2 is 1.90 bits per heavy atom. The Labute approximate surface area is 116 Å². The largest absolute Gasteiger partial charge is 0.465 e. The number of carbonyl (C=O) groups is 1. The van der Waals surface area contributed by atoms with E-state index < -0.39 is 28.2 Å². The van der Waals surface area contributed by atoms with Crippen molar-refractivity contribution in [1.82, 2.24) is 4.31 Å². The van der Waals surface area contributed by atoms with Gasteiger partial charge in [-0.15, -0.1) is 0 Å². The Morgan fingerprint density at radius 1 is 1.30 bits per heavy atom. The number of β-amino-alcohol motifs (C(OH)–C–C–N with tert-alkyl or cyclic N) is 2. The minimum Gasteiger partial charge on any atom is -0.465 e. The highest BCUT2D eigenvalue weighted by atomic mass is 32.2. The van der Waals surface area contributed by atoms with Crippen LogP contribution in [-0.2, 0) is 14.8 Å². The number of nitrogens with zero attached hydrogens (tertiary/aromatic N) is 1. The van der Waals surface area contributed by atoms with Crippen molar-refractivity contribution in [2.24, 2.45) is 0 Å². The van der Waals surface area contributed by atoms with Crippen molar-refractivity contribution in [3.63, 3.8) is 0 Å². The fourth-order valence-electron chi connectivity index (χ4n) is 1.98. The number of rotatable bonds is 3. The van der Waals surface area contributed by atoms with Crippen LogP contribution >= 0.6 is 0 Å². The van der Waals surface area contributed by atoms with Crippen LogP contribution in [0.15, 0.2) is 29.2 Å². The van der Waals surface area contributed by atoms with Crippen LogP contribution < -0.4 is 0 Å². The van der Waals surface area contributed by atoms with Crippen molar-refractivity contribution < 1.29 is 28.2 Å². The molecule has 2 atom stereocenters. The maximum absolute atomic E-state index is 12.3. The van der Waals surface area contributed by atoms with Crippen molar-refractivity contribution in [2.75, 3.05) is 20.2 Å². The van der Waals surface area contributed by atoms with Crippen molar-refractivity contribution in [3.05, 3.63) is 29.8 Å². The second-order valence-corrected chi connectivity index (χ2v) is 6.41. The van der Waals surface area contributed by atoms with Gasteiger partial charge in [-0.1, -0.05) is 6.07 Å². The van der Waals surface area contributed by atoms with Crippen molar-refractivity contribution >= 4 is 16.0 Å². The molecule has 0 bridgehead atoms. The molecule has 110 valence electrons. The molecule has 0 saturated carbocycles. The Hall–Kier alpha value is -1.48. The third-order valence-electron chi connectivity index (χ3n) is 3.12. The molecule has 0 spiro atoms. The molecule has 20 heavy (non-hydrogen) atoms. The lowest BCUT2D eigenvalue weighted by atomic mass is 10.2. The summed E-state index contributed by atoms with van der Waals surface area (Å²) >= 11 is 0. The van der Waals surface area contributed by atoms with Gasteiger partial charge in [0.1, 0.15) is 0 Å². The van der Waals surface area contributed by atoms with Crippen molar-refractivity contribution in [3.8, 4) is 0 Å². The standard InChI is InChI=1S/C12H15NO6S/c1-19-12(16)8-3-2-4-9(5-8)20(17,18)13-6-10(14)11(15)7-13/h2-5,10-11,14-15H,6-7H2,1H3. The molecule has 1 aromatic rings. The first kappa shape index (κ1) is 14.9. The monoisotopic (exact) mass is 301 g/mol. The first-order valence-corrected chi connectivity index (χ1v) is 7.35. The summed E-state index contributed by atoms with van der Waals surface area (Å²) in [6.45, 7) is -0.349. The zero-order chi connectivity index (χ0) is 14.9. The average molecular weight is 301 g/mol. The zero-order valence-electron chi connectivity index (χ0n) is 10.8. The fourth-order valence-corrected chi connectivity index (χ4v) is 3.50. The molecule has 0 aromatic heterocycles. The lowest BCUT2D eigenvalue weighted by Crippen LogP contribution is -2.30. The van der Waals surface area contributed by atoms with E-state index in [4.69, 9.17) is 0 Å². The molecular weight excluding hydrogens is 286 g/mol. The van der Waals surface area contributed by atoms with Crippen LogP contribution in [0.5, 0.6) is 0 Å². The molecule has 1 aliphatic rings. The summed E-state index contributed by atoms with van der Waals surface area (Å²) in [5.41, 5.74) is 0.119. The van der Waals surface area contributed by atoms with Crippen LogP contribution in [-0.4, -0.2) is 61.3 Å². The van der Waals surface area contributed by atoms with E-state index in [0.717, 1.165) is 4.31 Å². The van der Waals surface area contributed by atoms with Gasteiger partial charge in [0.2, 0.25) is 10.0 Å². The summed E-state index contributed by atoms with van der Waals surface area (Å²) in [6, 6.07) is 5.43. The summed E-state index contributed by atoms with van der Waals surface area (Å²) in [4.78, 5) is 11.3. The minimum absolute atomic E-state index is 0.0818. The molecule has 0 radical (unpaired) electrons. The number of aliphatic hydroxyl groups is 2. The normalized spacial score (nSPS) is 23.8. The molecule has 0 amide bonds. The van der Waals surface area contributed by atoms with E-state index in [1.54, 1.807) is 0 Å². The molecule has 7 nitrogen and oxygen atoms in total. The van der Waals surface area contributed by atoms with Crippen LogP contribution in [0.25, 0.3) is 0 Å². The molecule has 2 unspecified atom stereocenters. The first-order chi connectivity index (χ1) is 9.36. The lowest BCUT2D eigenvalue weighted by molar-refractivity contribution is 0.0572. The van der Waals surface area contributed by atoms with Crippen molar-refractivity contribution in [1.29, 1.82) is 0 Å². The number of sulfonamides is 1. The van der Waals surface area contributed by atoms with Crippen molar-refractivity contribution in [2.45, 2.75) is 17.1 Å². The highest BCUT2D eigenvalue weighted by Gasteiger charge is 2.37. The van der Waals surface area contributed by atoms with E-state index in [2.05, 4.69) is 4.74 Å². The zero-order valence-corrected chi connectivity index (χ0v) is 11.6. The Kier molecular flexibility index (Phi) is 4.09. The number of methoxy groups -OCH3 is 1. The van der Waals surface area contributed by atoms with Crippen LogP contribution in [0.1, 0.15) is 10.4 Å². The third kappa shape index (κ3) is 2.68. The van der Waals surface area contributed by atoms with Gasteiger partial charge in [0.25, 0.3) is 0 Å². The van der Waals surface area contributed by atoms with Crippen LogP contribution in [0.4, 0.5) is 0 Å². The van der Waals surface area contributed by atoms with Gasteiger partial charge < -0.3 is 14.9 Å². The molecule has 8 heteroatoms. The van der Waals surface area contributed by atoms with E-state index in [1.165, 1.54) is 31.4 Å². The molecule has 1 heterocycles. The summed E-state index contributed by atoms with van der Waals surface area (Å²) in [5, 5.41) is 18.9. The highest BCUT2D eigenvalue weighted by Crippen LogP contribution is 2.22. The predicted molar refractivity (Wildman–Crippen MR) is 68.6 cm³/mol. The Morgan fingerprint density at radius 3 is 2.45 bits per heavy atom. The third-order valence-corrected chi connectivity index (χ3v) is 4.95. The summed E-state index contributed by atoms with van der Waals surface area (Å²) < 4.78 is 30.2. The molecule has 2 N–H and O–H groups in total. The van der Waals surface area contributed by atoms with Gasteiger partial charge in [-0.3, -0.25) is 0 Å². The van der Waals surface area contributed by atoms with Crippen LogP contribution in [0, 0.1) is 0 Å². The SMILES string of the molecule is COC(=O)c1cccc(S(=O)(=O)N2CC(O)C(O)C2)c1. The smallest absolute Gasteiger partial charge is 0.337 e. The number of esters is 1. The quantitative estimate of drug-likeness (QED) is 0.708. The number of aliphatic hydroxyl groups excluding tert-OH is 2. The molecule has 0 aliphatic carbocycles. The summed E-state index contributed by atoms with van der Waals surface area (Å²) in [5.74, 6) is -0.636. The number of carbonyl (C=O) groups excluding carboxylic acids is 1. The molecule has 1 aromatic carbocycles. The number of benzene rings is 1. The fraction of sp³-hybridized carbons (Fsp3) is 0.417. The molecule has 1 aliphatic heterocycles. The average Bonchev–Trinajstić information content (AvgIpc) is 2.78. The molecule has 2 rings (SSSR count). The van der Waals surface area contributed by atoms with Gasteiger partial charge in [0.05, 0.1) is 29.8 Å². The van der Waals surface area contributed by atoms with E-state index in [9.17, 15) is 23.4 Å². The van der Waals surface area contributed by atoms with Crippen LogP contribution in [0.3, 0.4) is 0 Å². The van der Waals surface area contributed by atoms with E-state index in [-0.39, 0.29) is 23.5 Å². The van der Waals surface area contributed by atoms with Crippen LogP contribution in [0.2, 0.25) is 0 Å². The number of hydrogen-bond donors (Lipinski definition) is 2. The maximum Gasteiger partial charge on any atom is 0.337 e. The van der Waals surface area contributed by atoms with Gasteiger partial charge >= 0.3 is 5.97 Å². The topological polar surface area (TPSA) is 104 Å². The molecule has 1 saturated heterocycles. The van der Waals surface area contributed by atoms with Gasteiger partial charge in [0.15, 0.2) is 0 Å². The Balaban J connectivity index is 2.33. The van der Waals surface area contributed by atoms with Gasteiger partial charge in [0, 0.05) is 13.1 Å². The van der Waals surface area contributed by atoms with E-state index in [0.29, 0.717) is 0 Å². The van der Waals surface area contributed by atoms with Gasteiger partial charge in [-0.25, -0.2) is 13.2 Å². The summed E-state index contributed by atoms with van der Waals surface area (Å²) in [6.07, 6.45) is -2.21. The predicted octanol–water partition coefficient (Wildman–Crippen LogP) is -0.801. The Bertz CT molecular complexity index is 604. The number of hydrogen-bond acceptors (Lipinski definition) is 6. The second-order valence-electron chi connectivity index (χ2n) is 4.48. The number of ether oxygens (including phenoxy) is 1. The van der Waals surface area contributed by atoms with Gasteiger partial charge in [-0.05, 0) is 18.2 Å². The molecule has 1 fully saturated rings. The molecular formula is C12H15NO6S. The second kappa shape index (κ2) is 5.49. The van der Waals surface area contributed by atoms with E-state index >= 15 is 0 Å².